The Morgan fingerprint density at radius 3 is 2.23 bits per heavy atom. The fourth-order valence-corrected chi connectivity index (χ4v) is 4.18. The van der Waals surface area contributed by atoms with E-state index in [2.05, 4.69) is 68.0 Å². The first-order chi connectivity index (χ1) is 18.8. The van der Waals surface area contributed by atoms with Gasteiger partial charge in [0.2, 0.25) is 0 Å². The first-order valence-electron chi connectivity index (χ1n) is 14.0. The third-order valence-corrected chi connectivity index (χ3v) is 6.76. The second-order valence-electron chi connectivity index (χ2n) is 9.81. The minimum absolute atomic E-state index is 0.173. The van der Waals surface area contributed by atoms with Crippen LogP contribution in [0.4, 0.5) is 10.5 Å². The number of allylic oxidation sites excluding steroid dienone is 5. The highest BCUT2D eigenvalue weighted by Gasteiger charge is 2.14. The van der Waals surface area contributed by atoms with E-state index >= 15 is 0 Å². The highest BCUT2D eigenvalue weighted by molar-refractivity contribution is 5.90. The van der Waals surface area contributed by atoms with Crippen molar-refractivity contribution in [1.29, 1.82) is 5.26 Å². The van der Waals surface area contributed by atoms with Crippen molar-refractivity contribution in [2.75, 3.05) is 11.9 Å². The van der Waals surface area contributed by atoms with Gasteiger partial charge in [0.05, 0.1) is 11.6 Å². The summed E-state index contributed by atoms with van der Waals surface area (Å²) in [6.07, 6.45) is 15.2. The molecular formula is C35H47N3O. The van der Waals surface area contributed by atoms with Gasteiger partial charge in [0.1, 0.15) is 0 Å². The number of hydrogen-bond donors (Lipinski definition) is 2. The third-order valence-electron chi connectivity index (χ3n) is 6.76. The predicted octanol–water partition coefficient (Wildman–Crippen LogP) is 9.86. The van der Waals surface area contributed by atoms with Gasteiger partial charge in [0.15, 0.2) is 0 Å². The second kappa shape index (κ2) is 19.3. The molecule has 1 aliphatic rings. The molecule has 2 aromatic carbocycles. The van der Waals surface area contributed by atoms with E-state index in [-0.39, 0.29) is 6.03 Å². The van der Waals surface area contributed by atoms with Gasteiger partial charge in [-0.15, -0.1) is 0 Å². The van der Waals surface area contributed by atoms with E-state index < -0.39 is 0 Å². The Bertz CT molecular complexity index is 1140. The van der Waals surface area contributed by atoms with Gasteiger partial charge in [-0.1, -0.05) is 93.5 Å². The summed E-state index contributed by atoms with van der Waals surface area (Å²) in [4.78, 5) is 11.9. The summed E-state index contributed by atoms with van der Waals surface area (Å²) in [5, 5.41) is 14.5. The lowest BCUT2D eigenvalue weighted by Gasteiger charge is -2.21. The number of urea groups is 1. The van der Waals surface area contributed by atoms with Crippen LogP contribution in [-0.2, 0) is 0 Å². The summed E-state index contributed by atoms with van der Waals surface area (Å²) < 4.78 is 0. The summed E-state index contributed by atoms with van der Waals surface area (Å²) >= 11 is 0. The molecule has 0 spiro atoms. The van der Waals surface area contributed by atoms with Crippen molar-refractivity contribution in [3.05, 3.63) is 108 Å². The van der Waals surface area contributed by atoms with Crippen molar-refractivity contribution in [1.82, 2.24) is 5.32 Å². The van der Waals surface area contributed by atoms with E-state index in [4.69, 9.17) is 5.26 Å². The lowest BCUT2D eigenvalue weighted by atomic mass is 9.84. The van der Waals surface area contributed by atoms with Crippen molar-refractivity contribution in [2.45, 2.75) is 79.1 Å². The van der Waals surface area contributed by atoms with Crippen molar-refractivity contribution in [2.24, 2.45) is 0 Å². The van der Waals surface area contributed by atoms with Crippen LogP contribution in [0.1, 0.15) is 94.4 Å². The smallest absolute Gasteiger partial charge is 0.319 e. The van der Waals surface area contributed by atoms with E-state index in [9.17, 15) is 4.79 Å². The van der Waals surface area contributed by atoms with E-state index in [1.165, 1.54) is 43.2 Å². The van der Waals surface area contributed by atoms with Crippen molar-refractivity contribution in [3.8, 4) is 6.07 Å². The first kappa shape index (κ1) is 33.2. The van der Waals surface area contributed by atoms with Crippen molar-refractivity contribution in [3.63, 3.8) is 0 Å². The lowest BCUT2D eigenvalue weighted by Crippen LogP contribution is -2.30. The van der Waals surface area contributed by atoms with Crippen LogP contribution in [0.5, 0.6) is 0 Å². The molecule has 4 nitrogen and oxygen atoms in total. The molecule has 3 rings (SSSR count). The molecule has 1 saturated carbocycles. The number of carbonyl (C=O) groups excluding carboxylic acids is 1. The van der Waals surface area contributed by atoms with Crippen LogP contribution in [0.3, 0.4) is 0 Å². The summed E-state index contributed by atoms with van der Waals surface area (Å²) in [5.74, 6) is 0.747. The number of anilines is 1. The average Bonchev–Trinajstić information content (AvgIpc) is 2.98. The molecule has 39 heavy (non-hydrogen) atoms. The van der Waals surface area contributed by atoms with Crippen LogP contribution < -0.4 is 10.6 Å². The molecule has 0 aromatic heterocycles. The van der Waals surface area contributed by atoms with E-state index in [0.29, 0.717) is 6.54 Å². The largest absolute Gasteiger partial charge is 0.334 e. The van der Waals surface area contributed by atoms with Crippen LogP contribution in [-0.4, -0.2) is 12.6 Å². The maximum absolute atomic E-state index is 11.9. The lowest BCUT2D eigenvalue weighted by molar-refractivity contribution is 0.253. The van der Waals surface area contributed by atoms with Gasteiger partial charge < -0.3 is 10.6 Å². The molecule has 2 aromatic rings. The minimum atomic E-state index is -0.173. The molecule has 1 fully saturated rings. The van der Waals surface area contributed by atoms with Gasteiger partial charge in [0, 0.05) is 12.2 Å². The summed E-state index contributed by atoms with van der Waals surface area (Å²) in [7, 11) is 0. The zero-order chi connectivity index (χ0) is 29.0. The number of hydrogen-bond acceptors (Lipinski definition) is 2. The Balaban J connectivity index is 0.000000361. The highest BCUT2D eigenvalue weighted by atomic mass is 16.2. The molecule has 208 valence electrons. The van der Waals surface area contributed by atoms with Gasteiger partial charge in [-0.05, 0) is 93.3 Å². The SMILES string of the molecule is C/C=C(\C)CNC(=O)Nc1cc(/C(C)=C\CC)ccc1C.C=CC=C.N#Cc1ccc(C2CCCCC2)cc1. The van der Waals surface area contributed by atoms with E-state index in [1.807, 2.05) is 51.1 Å². The second-order valence-corrected chi connectivity index (χ2v) is 9.81. The average molecular weight is 526 g/mol. The molecule has 0 saturated heterocycles. The number of amides is 2. The predicted molar refractivity (Wildman–Crippen MR) is 169 cm³/mol. The van der Waals surface area contributed by atoms with E-state index in [0.717, 1.165) is 40.3 Å². The number of nitrogens with zero attached hydrogens (tertiary/aromatic N) is 1. The number of aryl methyl sites for hydroxylation is 1. The van der Waals surface area contributed by atoms with Crippen LogP contribution in [0.2, 0.25) is 0 Å². The maximum Gasteiger partial charge on any atom is 0.319 e. The Morgan fingerprint density at radius 1 is 1.05 bits per heavy atom. The zero-order valence-corrected chi connectivity index (χ0v) is 24.6. The monoisotopic (exact) mass is 525 g/mol. The molecule has 2 amide bonds. The normalized spacial score (nSPS) is 13.4. The number of carbonyl (C=O) groups is 1. The topological polar surface area (TPSA) is 64.9 Å². The minimum Gasteiger partial charge on any atom is -0.334 e. The van der Waals surface area contributed by atoms with Gasteiger partial charge >= 0.3 is 6.03 Å². The van der Waals surface area contributed by atoms with Crippen molar-refractivity contribution >= 4 is 17.3 Å². The van der Waals surface area contributed by atoms with Gasteiger partial charge in [-0.3, -0.25) is 0 Å². The molecule has 0 aliphatic heterocycles. The molecule has 4 heteroatoms. The van der Waals surface area contributed by atoms with E-state index in [1.54, 1.807) is 12.2 Å². The molecule has 0 heterocycles. The zero-order valence-electron chi connectivity index (χ0n) is 24.6. The number of nitriles is 1. The van der Waals surface area contributed by atoms with Gasteiger partial charge in [-0.2, -0.15) is 5.26 Å². The highest BCUT2D eigenvalue weighted by Crippen LogP contribution is 2.32. The first-order valence-corrected chi connectivity index (χ1v) is 14.0. The number of benzene rings is 2. The van der Waals surface area contributed by atoms with Crippen LogP contribution in [0.15, 0.2) is 85.5 Å². The summed E-state index contributed by atoms with van der Waals surface area (Å²) in [5.41, 5.74) is 7.60. The molecule has 0 unspecified atom stereocenters. The van der Waals surface area contributed by atoms with Crippen LogP contribution in [0, 0.1) is 18.3 Å². The summed E-state index contributed by atoms with van der Waals surface area (Å²) in [6, 6.07) is 16.2. The molecule has 0 radical (unpaired) electrons. The Kier molecular flexibility index (Phi) is 16.4. The molecule has 0 atom stereocenters. The maximum atomic E-state index is 11.9. The van der Waals surface area contributed by atoms with Crippen LogP contribution >= 0.6 is 0 Å². The van der Waals surface area contributed by atoms with Crippen LogP contribution in [0.25, 0.3) is 5.57 Å². The fourth-order valence-electron chi connectivity index (χ4n) is 4.18. The molecular weight excluding hydrogens is 478 g/mol. The third kappa shape index (κ3) is 13.0. The quantitative estimate of drug-likeness (QED) is 0.279. The molecule has 0 bridgehead atoms. The molecule has 1 aliphatic carbocycles. The van der Waals surface area contributed by atoms with Gasteiger partial charge in [0.25, 0.3) is 0 Å². The molecule has 2 N–H and O–H groups in total. The number of rotatable bonds is 7. The Labute approximate surface area is 237 Å². The van der Waals surface area contributed by atoms with Crippen molar-refractivity contribution < 1.29 is 4.79 Å². The fraction of sp³-hybridized carbons (Fsp3) is 0.371. The Hall–Kier alpha value is -3.84. The standard InChI is InChI=1S/C18H26N2O.C13H15N.C4H6/c1-6-8-14(4)16-10-9-15(5)17(11-16)20-18(21)19-12-13(3)7-2;14-10-11-6-8-13(9-7-11)12-4-2-1-3-5-12;1-3-4-2/h7-11H,6,12H2,1-5H3,(H2,19,20,21);6-9,12H,1-5H2;3-4H,1-2H2/b13-7+,14-8-;;. The van der Waals surface area contributed by atoms with Gasteiger partial charge in [-0.25, -0.2) is 4.79 Å². The number of nitrogens with one attached hydrogen (secondary N) is 2. The summed E-state index contributed by atoms with van der Waals surface area (Å²) in [6.45, 7) is 17.4. The Morgan fingerprint density at radius 2 is 1.69 bits per heavy atom.